The number of carbonyl (C=O) groups is 1. The Morgan fingerprint density at radius 3 is 2.82 bits per heavy atom. The van der Waals surface area contributed by atoms with Gasteiger partial charge in [0, 0.05) is 24.8 Å². The van der Waals surface area contributed by atoms with E-state index in [1.165, 1.54) is 0 Å². The highest BCUT2D eigenvalue weighted by Crippen LogP contribution is 2.22. The van der Waals surface area contributed by atoms with E-state index in [1.807, 2.05) is 31.2 Å². The van der Waals surface area contributed by atoms with E-state index >= 15 is 0 Å². The lowest BCUT2D eigenvalue weighted by atomic mass is 9.92. The van der Waals surface area contributed by atoms with E-state index in [0.29, 0.717) is 25.6 Å². The van der Waals surface area contributed by atoms with Gasteiger partial charge in [0.2, 0.25) is 0 Å². The number of urea groups is 1. The maximum atomic E-state index is 12.3. The minimum absolute atomic E-state index is 0.0864. The number of hydrogen-bond acceptors (Lipinski definition) is 3. The Kier molecular flexibility index (Phi) is 6.07. The number of anilines is 1. The summed E-state index contributed by atoms with van der Waals surface area (Å²) >= 11 is 0. The molecule has 1 atom stereocenters. The van der Waals surface area contributed by atoms with Crippen LogP contribution in [-0.2, 0) is 0 Å². The normalized spacial score (nSPS) is 17.1. The summed E-state index contributed by atoms with van der Waals surface area (Å²) in [6.45, 7) is 5.93. The summed E-state index contributed by atoms with van der Waals surface area (Å²) in [4.78, 5) is 14.1. The van der Waals surface area contributed by atoms with Crippen LogP contribution < -0.4 is 10.1 Å². The summed E-state index contributed by atoms with van der Waals surface area (Å²) in [5, 5.41) is 12.5. The molecule has 22 heavy (non-hydrogen) atoms. The van der Waals surface area contributed by atoms with Crippen molar-refractivity contribution in [2.75, 3.05) is 25.0 Å². The third-order valence-corrected chi connectivity index (χ3v) is 4.07. The lowest BCUT2D eigenvalue weighted by molar-refractivity contribution is 0.0820. The zero-order chi connectivity index (χ0) is 15.9. The van der Waals surface area contributed by atoms with Crippen molar-refractivity contribution in [3.05, 3.63) is 24.3 Å². The highest BCUT2D eigenvalue weighted by atomic mass is 16.5. The van der Waals surface area contributed by atoms with Crippen molar-refractivity contribution in [1.29, 1.82) is 0 Å². The molecule has 0 aromatic heterocycles. The summed E-state index contributed by atoms with van der Waals surface area (Å²) < 4.78 is 5.57. The first-order valence-electron chi connectivity index (χ1n) is 8.07. The monoisotopic (exact) mass is 306 g/mol. The van der Waals surface area contributed by atoms with Crippen molar-refractivity contribution < 1.29 is 14.6 Å². The molecular formula is C17H26N2O3. The number of benzene rings is 1. The van der Waals surface area contributed by atoms with Gasteiger partial charge in [0.05, 0.1) is 12.7 Å². The van der Waals surface area contributed by atoms with Crippen molar-refractivity contribution in [2.24, 2.45) is 5.92 Å². The molecule has 0 aliphatic carbocycles. The lowest BCUT2D eigenvalue weighted by Crippen LogP contribution is -2.42. The number of rotatable bonds is 5. The maximum Gasteiger partial charge on any atom is 0.321 e. The molecular weight excluding hydrogens is 280 g/mol. The molecule has 1 saturated heterocycles. The van der Waals surface area contributed by atoms with Crippen molar-refractivity contribution in [2.45, 2.75) is 39.2 Å². The number of aliphatic hydroxyl groups is 1. The Morgan fingerprint density at radius 2 is 2.18 bits per heavy atom. The van der Waals surface area contributed by atoms with Crippen LogP contribution in [0.15, 0.2) is 24.3 Å². The van der Waals surface area contributed by atoms with Gasteiger partial charge in [-0.3, -0.25) is 0 Å². The third kappa shape index (κ3) is 4.63. The van der Waals surface area contributed by atoms with Gasteiger partial charge in [-0.15, -0.1) is 0 Å². The number of amides is 2. The number of nitrogens with one attached hydrogen (secondary N) is 1. The van der Waals surface area contributed by atoms with Crippen LogP contribution in [0.5, 0.6) is 5.75 Å². The Labute approximate surface area is 132 Å². The molecule has 122 valence electrons. The smallest absolute Gasteiger partial charge is 0.321 e. The molecule has 2 N–H and O–H groups in total. The van der Waals surface area contributed by atoms with Crippen LogP contribution in [0, 0.1) is 5.92 Å². The quantitative estimate of drug-likeness (QED) is 0.878. The van der Waals surface area contributed by atoms with Gasteiger partial charge in [-0.25, -0.2) is 4.79 Å². The topological polar surface area (TPSA) is 61.8 Å². The van der Waals surface area contributed by atoms with Crippen molar-refractivity contribution >= 4 is 11.7 Å². The fourth-order valence-corrected chi connectivity index (χ4v) is 2.67. The number of carbonyl (C=O) groups excluding carboxylic acids is 1. The van der Waals surface area contributed by atoms with Gasteiger partial charge in [0.15, 0.2) is 0 Å². The van der Waals surface area contributed by atoms with E-state index < -0.39 is 0 Å². The molecule has 2 amide bonds. The Bertz CT molecular complexity index is 483. The van der Waals surface area contributed by atoms with Crippen LogP contribution in [-0.4, -0.2) is 41.8 Å². The van der Waals surface area contributed by atoms with Gasteiger partial charge in [-0.1, -0.05) is 13.0 Å². The predicted molar refractivity (Wildman–Crippen MR) is 87.2 cm³/mol. The fourth-order valence-electron chi connectivity index (χ4n) is 2.67. The predicted octanol–water partition coefficient (Wildman–Crippen LogP) is 3.10. The van der Waals surface area contributed by atoms with Gasteiger partial charge in [0.25, 0.3) is 0 Å². The van der Waals surface area contributed by atoms with Crippen molar-refractivity contribution in [3.8, 4) is 5.75 Å². The molecule has 1 heterocycles. The van der Waals surface area contributed by atoms with Gasteiger partial charge in [0.1, 0.15) is 5.75 Å². The van der Waals surface area contributed by atoms with E-state index in [0.717, 1.165) is 30.7 Å². The summed E-state index contributed by atoms with van der Waals surface area (Å²) in [5.74, 6) is 1.07. The number of piperidine rings is 1. The first kappa shape index (κ1) is 16.6. The molecule has 1 aliphatic heterocycles. The Hall–Kier alpha value is -1.75. The van der Waals surface area contributed by atoms with Gasteiger partial charge in [-0.05, 0) is 44.2 Å². The van der Waals surface area contributed by atoms with Crippen molar-refractivity contribution in [3.63, 3.8) is 0 Å². The van der Waals surface area contributed by atoms with Crippen LogP contribution in [0.25, 0.3) is 0 Å². The van der Waals surface area contributed by atoms with Crippen LogP contribution in [0.4, 0.5) is 10.5 Å². The molecule has 0 bridgehead atoms. The van der Waals surface area contributed by atoms with Crippen molar-refractivity contribution in [1.82, 2.24) is 4.90 Å². The van der Waals surface area contributed by atoms with Gasteiger partial charge < -0.3 is 20.1 Å². The molecule has 5 nitrogen and oxygen atoms in total. The number of likely N-dealkylation sites (tertiary alicyclic amines) is 1. The van der Waals surface area contributed by atoms with E-state index in [1.54, 1.807) is 4.90 Å². The molecule has 0 spiro atoms. The zero-order valence-electron chi connectivity index (χ0n) is 13.4. The largest absolute Gasteiger partial charge is 0.494 e. The molecule has 1 unspecified atom stereocenters. The molecule has 0 radical (unpaired) electrons. The molecule has 1 aromatic rings. The highest BCUT2D eigenvalue weighted by Gasteiger charge is 2.25. The first-order chi connectivity index (χ1) is 10.6. The van der Waals surface area contributed by atoms with E-state index in [-0.39, 0.29) is 12.1 Å². The molecule has 2 rings (SSSR count). The average molecular weight is 306 g/mol. The van der Waals surface area contributed by atoms with Crippen LogP contribution >= 0.6 is 0 Å². The van der Waals surface area contributed by atoms with Crippen LogP contribution in [0.3, 0.4) is 0 Å². The van der Waals surface area contributed by atoms with E-state index in [9.17, 15) is 9.90 Å². The summed E-state index contributed by atoms with van der Waals surface area (Å²) in [6.07, 6.45) is 2.36. The first-order valence-corrected chi connectivity index (χ1v) is 8.07. The SMILES string of the molecule is CCCOc1cccc(NC(=O)N2CCC(C(C)O)CC2)c1. The summed E-state index contributed by atoms with van der Waals surface area (Å²) in [5.41, 5.74) is 0.747. The highest BCUT2D eigenvalue weighted by molar-refractivity contribution is 5.89. The van der Waals surface area contributed by atoms with E-state index in [4.69, 9.17) is 4.74 Å². The fraction of sp³-hybridized carbons (Fsp3) is 0.588. The Balaban J connectivity index is 1.87. The lowest BCUT2D eigenvalue weighted by Gasteiger charge is -2.33. The summed E-state index contributed by atoms with van der Waals surface area (Å²) in [6, 6.07) is 7.38. The molecule has 5 heteroatoms. The molecule has 1 aliphatic rings. The molecule has 1 fully saturated rings. The average Bonchev–Trinajstić information content (AvgIpc) is 2.53. The zero-order valence-corrected chi connectivity index (χ0v) is 13.4. The minimum atomic E-state index is -0.294. The van der Waals surface area contributed by atoms with Crippen LogP contribution in [0.1, 0.15) is 33.1 Å². The molecule has 0 saturated carbocycles. The third-order valence-electron chi connectivity index (χ3n) is 4.07. The maximum absolute atomic E-state index is 12.3. The number of aliphatic hydroxyl groups excluding tert-OH is 1. The Morgan fingerprint density at radius 1 is 1.45 bits per heavy atom. The standard InChI is InChI=1S/C17H26N2O3/c1-3-11-22-16-6-4-5-15(12-16)18-17(21)19-9-7-14(8-10-19)13(2)20/h4-6,12-14,20H,3,7-11H2,1-2H3,(H,18,21). The van der Waals surface area contributed by atoms with E-state index in [2.05, 4.69) is 12.2 Å². The van der Waals surface area contributed by atoms with Gasteiger partial charge in [-0.2, -0.15) is 0 Å². The van der Waals surface area contributed by atoms with Crippen LogP contribution in [0.2, 0.25) is 0 Å². The number of hydrogen-bond donors (Lipinski definition) is 2. The number of ether oxygens (including phenoxy) is 1. The van der Waals surface area contributed by atoms with Gasteiger partial charge >= 0.3 is 6.03 Å². The molecule has 1 aromatic carbocycles. The number of nitrogens with zero attached hydrogens (tertiary/aromatic N) is 1. The second kappa shape index (κ2) is 8.03. The minimum Gasteiger partial charge on any atom is -0.494 e. The second-order valence-electron chi connectivity index (χ2n) is 5.87. The second-order valence-corrected chi connectivity index (χ2v) is 5.87. The summed E-state index contributed by atoms with van der Waals surface area (Å²) in [7, 11) is 0.